The van der Waals surface area contributed by atoms with Crippen molar-refractivity contribution in [2.24, 2.45) is 0 Å². The van der Waals surface area contributed by atoms with Crippen molar-refractivity contribution in [3.05, 3.63) is 82.9 Å². The number of hydrogen-bond donors (Lipinski definition) is 0. The van der Waals surface area contributed by atoms with E-state index in [0.717, 1.165) is 102 Å². The van der Waals surface area contributed by atoms with Crippen molar-refractivity contribution in [1.29, 1.82) is 0 Å². The standard InChI is InChI=1S/C36H40N2O5S/c1-24-6-13-30-33(21-24)44-36(26-9-11-29(12-10-26)43-20-17-38-14-4-5-31(38)25(2)39)34(30)35(40)27-7-8-28(32(22-27)41-3)23-37-15-18-42-19-16-37/h6-13,21-22,31H,4-5,14-20,23H2,1-3H3. The third kappa shape index (κ3) is 6.59. The lowest BCUT2D eigenvalue weighted by atomic mass is 9.96. The van der Waals surface area contributed by atoms with Crippen LogP contribution in [0.3, 0.4) is 0 Å². The number of rotatable bonds is 11. The number of Topliss-reactive ketones (excluding diaryl/α,β-unsaturated/α-hetero) is 1. The molecule has 0 bridgehead atoms. The maximum absolute atomic E-state index is 14.2. The van der Waals surface area contributed by atoms with E-state index in [9.17, 15) is 9.59 Å². The zero-order chi connectivity index (χ0) is 30.6. The van der Waals surface area contributed by atoms with Gasteiger partial charge in [-0.05, 0) is 80.8 Å². The molecule has 1 atom stereocenters. The monoisotopic (exact) mass is 612 g/mol. The number of likely N-dealkylation sites (tertiary alicyclic amines) is 1. The van der Waals surface area contributed by atoms with E-state index in [0.29, 0.717) is 17.7 Å². The van der Waals surface area contributed by atoms with Gasteiger partial charge < -0.3 is 14.2 Å². The van der Waals surface area contributed by atoms with Crippen LogP contribution in [0.5, 0.6) is 11.5 Å². The number of nitrogens with zero attached hydrogens (tertiary/aromatic N) is 2. The van der Waals surface area contributed by atoms with Crippen molar-refractivity contribution in [3.8, 4) is 21.9 Å². The maximum atomic E-state index is 14.2. The predicted molar refractivity (Wildman–Crippen MR) is 175 cm³/mol. The molecule has 0 aliphatic carbocycles. The van der Waals surface area contributed by atoms with Crippen molar-refractivity contribution in [3.63, 3.8) is 0 Å². The highest BCUT2D eigenvalue weighted by Gasteiger charge is 2.28. The Bertz CT molecular complexity index is 1640. The molecule has 0 spiro atoms. The summed E-state index contributed by atoms with van der Waals surface area (Å²) in [4.78, 5) is 31.7. The normalized spacial score (nSPS) is 17.7. The molecule has 8 heteroatoms. The number of hydrogen-bond acceptors (Lipinski definition) is 8. The first-order chi connectivity index (χ1) is 21.4. The van der Waals surface area contributed by atoms with E-state index in [1.54, 1.807) is 25.4 Å². The predicted octanol–water partition coefficient (Wildman–Crippen LogP) is 6.38. The van der Waals surface area contributed by atoms with Gasteiger partial charge in [-0.3, -0.25) is 19.4 Å². The summed E-state index contributed by atoms with van der Waals surface area (Å²) in [6.07, 6.45) is 1.99. The molecule has 6 rings (SSSR count). The van der Waals surface area contributed by atoms with Gasteiger partial charge in [0.05, 0.1) is 26.4 Å². The summed E-state index contributed by atoms with van der Waals surface area (Å²) in [5, 5.41) is 0.961. The minimum Gasteiger partial charge on any atom is -0.496 e. The second-order valence-electron chi connectivity index (χ2n) is 11.7. The molecule has 0 radical (unpaired) electrons. The SMILES string of the molecule is COc1cc(C(=O)c2c(-c3ccc(OCCN4CCCC4C(C)=O)cc3)sc3cc(C)ccc23)ccc1CN1CCOCC1. The van der Waals surface area contributed by atoms with Crippen LogP contribution in [0.15, 0.2) is 60.7 Å². The molecule has 3 heterocycles. The van der Waals surface area contributed by atoms with Gasteiger partial charge in [0.1, 0.15) is 23.9 Å². The molecule has 1 unspecified atom stereocenters. The van der Waals surface area contributed by atoms with E-state index in [-0.39, 0.29) is 17.6 Å². The van der Waals surface area contributed by atoms with Crippen LogP contribution in [0.1, 0.15) is 46.8 Å². The molecule has 2 aliphatic heterocycles. The molecular formula is C36H40N2O5S. The van der Waals surface area contributed by atoms with Crippen LogP contribution >= 0.6 is 11.3 Å². The molecule has 44 heavy (non-hydrogen) atoms. The van der Waals surface area contributed by atoms with E-state index in [1.807, 2.05) is 42.5 Å². The van der Waals surface area contributed by atoms with Crippen LogP contribution in [0.25, 0.3) is 20.5 Å². The maximum Gasteiger partial charge on any atom is 0.195 e. The number of benzene rings is 3. The average Bonchev–Trinajstić information content (AvgIpc) is 3.66. The molecule has 7 nitrogen and oxygen atoms in total. The number of carbonyl (C=O) groups is 2. The van der Waals surface area contributed by atoms with Gasteiger partial charge >= 0.3 is 0 Å². The third-order valence-electron chi connectivity index (χ3n) is 8.72. The highest BCUT2D eigenvalue weighted by molar-refractivity contribution is 7.22. The summed E-state index contributed by atoms with van der Waals surface area (Å²) >= 11 is 1.64. The molecule has 0 amide bonds. The summed E-state index contributed by atoms with van der Waals surface area (Å²) < 4.78 is 18.4. The van der Waals surface area contributed by atoms with Gasteiger partial charge in [0, 0.05) is 57.8 Å². The van der Waals surface area contributed by atoms with Gasteiger partial charge in [-0.2, -0.15) is 0 Å². The zero-order valence-corrected chi connectivity index (χ0v) is 26.6. The van der Waals surface area contributed by atoms with E-state index < -0.39 is 0 Å². The number of ketones is 2. The van der Waals surface area contributed by atoms with Crippen LogP contribution in [-0.4, -0.2) is 80.5 Å². The smallest absolute Gasteiger partial charge is 0.195 e. The Hall–Kier alpha value is -3.56. The van der Waals surface area contributed by atoms with Crippen molar-refractivity contribution in [1.82, 2.24) is 9.80 Å². The molecule has 3 aromatic carbocycles. The van der Waals surface area contributed by atoms with E-state index in [1.165, 1.54) is 0 Å². The summed E-state index contributed by atoms with van der Waals surface area (Å²) in [7, 11) is 1.66. The van der Waals surface area contributed by atoms with Crippen molar-refractivity contribution in [2.45, 2.75) is 39.3 Å². The minimum atomic E-state index is -0.0164. The molecule has 2 aliphatic rings. The van der Waals surface area contributed by atoms with Crippen LogP contribution < -0.4 is 9.47 Å². The second kappa shape index (κ2) is 13.6. The Kier molecular flexibility index (Phi) is 9.42. The van der Waals surface area contributed by atoms with Crippen LogP contribution in [-0.2, 0) is 16.1 Å². The Morgan fingerprint density at radius 2 is 1.80 bits per heavy atom. The molecule has 0 saturated carbocycles. The van der Waals surface area contributed by atoms with Gasteiger partial charge in [0.15, 0.2) is 5.78 Å². The number of aryl methyl sites for hydroxylation is 1. The summed E-state index contributed by atoms with van der Waals surface area (Å²) in [6, 6.07) is 20.1. The Morgan fingerprint density at radius 3 is 2.55 bits per heavy atom. The molecule has 0 N–H and O–H groups in total. The van der Waals surface area contributed by atoms with E-state index in [4.69, 9.17) is 14.2 Å². The fourth-order valence-corrected chi connectivity index (χ4v) is 7.63. The summed E-state index contributed by atoms with van der Waals surface area (Å²) in [5.74, 6) is 1.72. The number of carbonyl (C=O) groups excluding carboxylic acids is 2. The number of morpholine rings is 1. The van der Waals surface area contributed by atoms with E-state index >= 15 is 0 Å². The Morgan fingerprint density at radius 1 is 1.00 bits per heavy atom. The van der Waals surface area contributed by atoms with Gasteiger partial charge in [0.2, 0.25) is 0 Å². The number of methoxy groups -OCH3 is 1. The first-order valence-electron chi connectivity index (χ1n) is 15.4. The van der Waals surface area contributed by atoms with Crippen LogP contribution in [0.4, 0.5) is 0 Å². The summed E-state index contributed by atoms with van der Waals surface area (Å²) in [5.41, 5.74) is 4.53. The third-order valence-corrected chi connectivity index (χ3v) is 9.92. The quantitative estimate of drug-likeness (QED) is 0.182. The minimum absolute atomic E-state index is 0.0164. The summed E-state index contributed by atoms with van der Waals surface area (Å²) in [6.45, 7) is 9.95. The molecule has 2 fully saturated rings. The second-order valence-corrected chi connectivity index (χ2v) is 12.8. The Labute approximate surface area is 263 Å². The topological polar surface area (TPSA) is 68.3 Å². The number of fused-ring (bicyclic) bond motifs is 1. The Balaban J connectivity index is 1.24. The lowest BCUT2D eigenvalue weighted by Gasteiger charge is -2.27. The molecule has 4 aromatic rings. The van der Waals surface area contributed by atoms with Crippen molar-refractivity contribution in [2.75, 3.05) is 53.1 Å². The first-order valence-corrected chi connectivity index (χ1v) is 16.3. The van der Waals surface area contributed by atoms with Crippen LogP contribution in [0.2, 0.25) is 0 Å². The van der Waals surface area contributed by atoms with Gasteiger partial charge in [-0.15, -0.1) is 11.3 Å². The van der Waals surface area contributed by atoms with E-state index in [2.05, 4.69) is 34.9 Å². The molecule has 1 aromatic heterocycles. The fourth-order valence-electron chi connectivity index (χ4n) is 6.33. The van der Waals surface area contributed by atoms with Crippen LogP contribution in [0, 0.1) is 6.92 Å². The highest BCUT2D eigenvalue weighted by atomic mass is 32.1. The van der Waals surface area contributed by atoms with Crippen molar-refractivity contribution < 1.29 is 23.8 Å². The average molecular weight is 613 g/mol. The molecular weight excluding hydrogens is 572 g/mol. The molecule has 230 valence electrons. The number of thiophene rings is 1. The zero-order valence-electron chi connectivity index (χ0n) is 25.8. The highest BCUT2D eigenvalue weighted by Crippen LogP contribution is 2.41. The van der Waals surface area contributed by atoms with Gasteiger partial charge in [0.25, 0.3) is 0 Å². The lowest BCUT2D eigenvalue weighted by Crippen LogP contribution is -2.37. The number of ether oxygens (including phenoxy) is 3. The van der Waals surface area contributed by atoms with Gasteiger partial charge in [-0.1, -0.05) is 24.3 Å². The van der Waals surface area contributed by atoms with Crippen molar-refractivity contribution >= 4 is 33.0 Å². The first kappa shape index (κ1) is 30.5. The fraction of sp³-hybridized carbons (Fsp3) is 0.389. The lowest BCUT2D eigenvalue weighted by molar-refractivity contribution is -0.121. The molecule has 2 saturated heterocycles. The largest absolute Gasteiger partial charge is 0.496 e. The van der Waals surface area contributed by atoms with Gasteiger partial charge in [-0.25, -0.2) is 0 Å².